The lowest BCUT2D eigenvalue weighted by Gasteiger charge is -2.12. The zero-order valence-electron chi connectivity index (χ0n) is 11.4. The highest BCUT2D eigenvalue weighted by Gasteiger charge is 2.38. The number of nitrogens with one attached hydrogen (secondary N) is 1. The molecule has 0 bridgehead atoms. The molecule has 1 aromatic carbocycles. The van der Waals surface area contributed by atoms with E-state index in [1.807, 2.05) is 4.98 Å². The number of nitriles is 1. The summed E-state index contributed by atoms with van der Waals surface area (Å²) in [5.41, 5.74) is -3.07. The highest BCUT2D eigenvalue weighted by molar-refractivity contribution is 5.45. The summed E-state index contributed by atoms with van der Waals surface area (Å²) in [6.07, 6.45) is -4.45. The first kappa shape index (κ1) is 17.2. The minimum atomic E-state index is -4.99. The van der Waals surface area contributed by atoms with Gasteiger partial charge in [-0.2, -0.15) is 27.2 Å². The molecule has 0 saturated carbocycles. The van der Waals surface area contributed by atoms with E-state index >= 15 is 0 Å². The molecule has 1 N–H and O–H groups in total. The fraction of sp³-hybridized carbons (Fsp3) is 0.154. The number of nitrogens with zero attached hydrogens (tertiary/aromatic N) is 2. The molecule has 0 aliphatic rings. The van der Waals surface area contributed by atoms with Crippen molar-refractivity contribution in [2.45, 2.75) is 12.8 Å². The Hall–Kier alpha value is -3.16. The molecule has 126 valence electrons. The Morgan fingerprint density at radius 3 is 2.46 bits per heavy atom. The van der Waals surface area contributed by atoms with Crippen molar-refractivity contribution in [1.29, 1.82) is 5.26 Å². The molecular weight excluding hydrogens is 341 g/mol. The van der Waals surface area contributed by atoms with Crippen LogP contribution in [0.3, 0.4) is 0 Å². The van der Waals surface area contributed by atoms with Crippen molar-refractivity contribution < 1.29 is 31.4 Å². The largest absolute Gasteiger partial charge is 0.449 e. The van der Waals surface area contributed by atoms with Gasteiger partial charge in [-0.05, 0) is 12.1 Å². The number of benzene rings is 1. The summed E-state index contributed by atoms with van der Waals surface area (Å²) in [5.74, 6) is -2.19. The van der Waals surface area contributed by atoms with E-state index in [0.717, 1.165) is 18.2 Å². The quantitative estimate of drug-likeness (QED) is 0.859. The minimum Gasteiger partial charge on any atom is -0.449 e. The molecule has 0 saturated heterocycles. The van der Waals surface area contributed by atoms with Crippen LogP contribution in [0.15, 0.2) is 29.3 Å². The van der Waals surface area contributed by atoms with Gasteiger partial charge in [0.25, 0.3) is 5.56 Å². The van der Waals surface area contributed by atoms with Gasteiger partial charge in [0.05, 0.1) is 18.0 Å². The number of aromatic nitrogens is 2. The third kappa shape index (κ3) is 3.97. The average molecular weight is 347 g/mol. The number of ether oxygens (including phenoxy) is 2. The van der Waals surface area contributed by atoms with Crippen LogP contribution in [0.4, 0.5) is 22.0 Å². The van der Waals surface area contributed by atoms with E-state index in [0.29, 0.717) is 6.33 Å². The van der Waals surface area contributed by atoms with Crippen molar-refractivity contribution >= 4 is 0 Å². The third-order valence-corrected chi connectivity index (χ3v) is 2.53. The standard InChI is InChI=1S/C13H6F5N3O3/c14-12(15)24-8-2-6(4-19)1-7(3-8)23-9-10(13(16,17)18)20-5-21-11(9)22/h1-3,5,12H,(H,20,21,22). The van der Waals surface area contributed by atoms with Crippen LogP contribution in [0, 0.1) is 11.3 Å². The van der Waals surface area contributed by atoms with E-state index in [4.69, 9.17) is 10.00 Å². The second-order valence-electron chi connectivity index (χ2n) is 4.19. The highest BCUT2D eigenvalue weighted by atomic mass is 19.4. The normalized spacial score (nSPS) is 11.2. The summed E-state index contributed by atoms with van der Waals surface area (Å²) in [5, 5.41) is 8.82. The summed E-state index contributed by atoms with van der Waals surface area (Å²) in [4.78, 5) is 16.5. The Bertz CT molecular complexity index is 842. The topological polar surface area (TPSA) is 88.0 Å². The van der Waals surface area contributed by atoms with Crippen LogP contribution in [-0.4, -0.2) is 16.6 Å². The minimum absolute atomic E-state index is 0.225. The van der Waals surface area contributed by atoms with Gasteiger partial charge in [0.15, 0.2) is 5.69 Å². The molecular formula is C13H6F5N3O3. The Kier molecular flexibility index (Phi) is 4.68. The van der Waals surface area contributed by atoms with Gasteiger partial charge in [-0.15, -0.1) is 0 Å². The van der Waals surface area contributed by atoms with Crippen molar-refractivity contribution in [3.05, 3.63) is 46.1 Å². The van der Waals surface area contributed by atoms with Crippen molar-refractivity contribution in [3.8, 4) is 23.3 Å². The lowest BCUT2D eigenvalue weighted by molar-refractivity contribution is -0.142. The number of hydrogen-bond acceptors (Lipinski definition) is 5. The number of alkyl halides is 5. The SMILES string of the molecule is N#Cc1cc(Oc2c(C(F)(F)F)nc[nH]c2=O)cc(OC(F)F)c1. The van der Waals surface area contributed by atoms with Gasteiger partial charge in [0.1, 0.15) is 11.5 Å². The second kappa shape index (κ2) is 6.53. The van der Waals surface area contributed by atoms with Crippen LogP contribution < -0.4 is 15.0 Å². The maximum Gasteiger partial charge on any atom is 0.437 e. The summed E-state index contributed by atoms with van der Waals surface area (Å²) in [7, 11) is 0. The van der Waals surface area contributed by atoms with Crippen LogP contribution in [0.1, 0.15) is 11.3 Å². The van der Waals surface area contributed by atoms with Crippen molar-refractivity contribution in [2.75, 3.05) is 0 Å². The van der Waals surface area contributed by atoms with Crippen LogP contribution in [0.2, 0.25) is 0 Å². The smallest absolute Gasteiger partial charge is 0.437 e. The molecule has 24 heavy (non-hydrogen) atoms. The predicted octanol–water partition coefficient (Wildman–Crippen LogP) is 3.05. The molecule has 2 rings (SSSR count). The van der Waals surface area contributed by atoms with Gasteiger partial charge in [0, 0.05) is 6.07 Å². The summed E-state index contributed by atoms with van der Waals surface area (Å²) in [6.45, 7) is -3.22. The number of halogens is 5. The molecule has 0 atom stereocenters. The van der Waals surface area contributed by atoms with E-state index < -0.39 is 41.3 Å². The summed E-state index contributed by atoms with van der Waals surface area (Å²) >= 11 is 0. The first-order chi connectivity index (χ1) is 11.2. The highest BCUT2D eigenvalue weighted by Crippen LogP contribution is 2.35. The maximum atomic E-state index is 12.9. The predicted molar refractivity (Wildman–Crippen MR) is 67.7 cm³/mol. The number of hydrogen-bond donors (Lipinski definition) is 1. The second-order valence-corrected chi connectivity index (χ2v) is 4.19. The number of rotatable bonds is 4. The van der Waals surface area contributed by atoms with E-state index in [1.165, 1.54) is 0 Å². The lowest BCUT2D eigenvalue weighted by Crippen LogP contribution is -2.18. The van der Waals surface area contributed by atoms with Crippen LogP contribution in [0.5, 0.6) is 17.2 Å². The molecule has 11 heteroatoms. The molecule has 0 unspecified atom stereocenters. The Labute approximate surface area is 130 Å². The Balaban J connectivity index is 2.49. The first-order valence-electron chi connectivity index (χ1n) is 6.03. The molecule has 0 amide bonds. The molecule has 0 fully saturated rings. The Morgan fingerprint density at radius 2 is 1.88 bits per heavy atom. The fourth-order valence-corrected chi connectivity index (χ4v) is 1.67. The molecule has 1 aromatic heterocycles. The molecule has 2 aromatic rings. The van der Waals surface area contributed by atoms with Gasteiger partial charge < -0.3 is 14.5 Å². The van der Waals surface area contributed by atoms with Crippen LogP contribution >= 0.6 is 0 Å². The molecule has 0 radical (unpaired) electrons. The zero-order chi connectivity index (χ0) is 17.9. The maximum absolute atomic E-state index is 12.9. The number of aromatic amines is 1. The number of H-pyrrole nitrogens is 1. The van der Waals surface area contributed by atoms with Gasteiger partial charge in [-0.3, -0.25) is 4.79 Å². The molecule has 0 aliphatic carbocycles. The summed E-state index contributed by atoms with van der Waals surface area (Å²) in [6, 6.07) is 4.28. The zero-order valence-corrected chi connectivity index (χ0v) is 11.4. The van der Waals surface area contributed by atoms with Crippen LogP contribution in [0.25, 0.3) is 0 Å². The van der Waals surface area contributed by atoms with Crippen molar-refractivity contribution in [2.24, 2.45) is 0 Å². The van der Waals surface area contributed by atoms with E-state index in [9.17, 15) is 26.7 Å². The van der Waals surface area contributed by atoms with Crippen molar-refractivity contribution in [1.82, 2.24) is 9.97 Å². The molecule has 0 aliphatic heterocycles. The van der Waals surface area contributed by atoms with Crippen LogP contribution in [-0.2, 0) is 6.18 Å². The van der Waals surface area contributed by atoms with Gasteiger partial charge >= 0.3 is 12.8 Å². The van der Waals surface area contributed by atoms with E-state index in [-0.39, 0.29) is 5.56 Å². The molecule has 0 spiro atoms. The van der Waals surface area contributed by atoms with Gasteiger partial charge in [0.2, 0.25) is 5.75 Å². The first-order valence-corrected chi connectivity index (χ1v) is 6.03. The fourth-order valence-electron chi connectivity index (χ4n) is 1.67. The lowest BCUT2D eigenvalue weighted by atomic mass is 10.2. The monoisotopic (exact) mass is 347 g/mol. The average Bonchev–Trinajstić information content (AvgIpc) is 2.47. The van der Waals surface area contributed by atoms with Gasteiger partial charge in [-0.1, -0.05) is 0 Å². The van der Waals surface area contributed by atoms with Gasteiger partial charge in [-0.25, -0.2) is 4.98 Å². The summed E-state index contributed by atoms with van der Waals surface area (Å²) < 4.78 is 72.0. The Morgan fingerprint density at radius 1 is 1.21 bits per heavy atom. The molecule has 1 heterocycles. The van der Waals surface area contributed by atoms with E-state index in [1.54, 1.807) is 6.07 Å². The third-order valence-electron chi connectivity index (χ3n) is 2.53. The van der Waals surface area contributed by atoms with E-state index in [2.05, 4.69) is 9.72 Å². The molecule has 6 nitrogen and oxygen atoms in total. The van der Waals surface area contributed by atoms with Crippen molar-refractivity contribution in [3.63, 3.8) is 0 Å².